The summed E-state index contributed by atoms with van der Waals surface area (Å²) < 4.78 is 12.0. The summed E-state index contributed by atoms with van der Waals surface area (Å²) in [5.41, 5.74) is 0.858. The van der Waals surface area contributed by atoms with Crippen LogP contribution in [0, 0.1) is 0 Å². The van der Waals surface area contributed by atoms with Crippen LogP contribution in [0.5, 0.6) is 5.75 Å². The molecule has 0 radical (unpaired) electrons. The van der Waals surface area contributed by atoms with Gasteiger partial charge in [0.05, 0.1) is 30.0 Å². The standard InChI is InChI=1S/C22H23ClN2O3S2/c1-27-16-5-7-18(8-6-16)29-12-10-21(26)25(14-17-3-2-11-28-17)22-24-19-9-4-15(23)13-20(19)30-22/h4-9,13,17H,2-3,10-12,14H2,1H3. The van der Waals surface area contributed by atoms with Gasteiger partial charge in [-0.1, -0.05) is 22.9 Å². The highest BCUT2D eigenvalue weighted by molar-refractivity contribution is 7.99. The number of nitrogens with zero attached hydrogens (tertiary/aromatic N) is 2. The van der Waals surface area contributed by atoms with Gasteiger partial charge in [0, 0.05) is 28.7 Å². The molecule has 1 amide bonds. The number of ether oxygens (including phenoxy) is 2. The molecular formula is C22H23ClN2O3S2. The summed E-state index contributed by atoms with van der Waals surface area (Å²) in [5, 5.41) is 1.38. The number of thiazole rings is 1. The van der Waals surface area contributed by atoms with E-state index < -0.39 is 0 Å². The topological polar surface area (TPSA) is 51.7 Å². The first-order valence-corrected chi connectivity index (χ1v) is 12.1. The molecule has 8 heteroatoms. The number of carbonyl (C=O) groups excluding carboxylic acids is 1. The molecule has 0 bridgehead atoms. The molecule has 0 spiro atoms. The third-order valence-electron chi connectivity index (χ3n) is 4.93. The Morgan fingerprint density at radius 2 is 2.17 bits per heavy atom. The Morgan fingerprint density at radius 3 is 2.90 bits per heavy atom. The van der Waals surface area contributed by atoms with E-state index in [2.05, 4.69) is 0 Å². The monoisotopic (exact) mass is 462 g/mol. The maximum atomic E-state index is 13.1. The zero-order valence-electron chi connectivity index (χ0n) is 16.7. The highest BCUT2D eigenvalue weighted by Gasteiger charge is 2.26. The number of halogens is 1. The smallest absolute Gasteiger partial charge is 0.229 e. The predicted octanol–water partition coefficient (Wildman–Crippen LogP) is 5.65. The molecule has 1 fully saturated rings. The van der Waals surface area contributed by atoms with Gasteiger partial charge in [-0.3, -0.25) is 9.69 Å². The number of aromatic nitrogens is 1. The molecule has 1 aromatic heterocycles. The van der Waals surface area contributed by atoms with Crippen molar-refractivity contribution >= 4 is 56.0 Å². The van der Waals surface area contributed by atoms with Gasteiger partial charge in [0.1, 0.15) is 5.75 Å². The highest BCUT2D eigenvalue weighted by atomic mass is 35.5. The van der Waals surface area contributed by atoms with Crippen molar-refractivity contribution < 1.29 is 14.3 Å². The van der Waals surface area contributed by atoms with Gasteiger partial charge in [0.25, 0.3) is 0 Å². The molecule has 1 aliphatic rings. The third kappa shape index (κ3) is 5.27. The normalized spacial score (nSPS) is 16.1. The minimum Gasteiger partial charge on any atom is -0.497 e. The van der Waals surface area contributed by atoms with Gasteiger partial charge in [-0.15, -0.1) is 11.8 Å². The molecule has 2 heterocycles. The van der Waals surface area contributed by atoms with Crippen molar-refractivity contribution in [1.82, 2.24) is 4.98 Å². The Bertz CT molecular complexity index is 1000. The summed E-state index contributed by atoms with van der Waals surface area (Å²) in [6.07, 6.45) is 2.51. The maximum Gasteiger partial charge on any atom is 0.229 e. The molecular weight excluding hydrogens is 440 g/mol. The lowest BCUT2D eigenvalue weighted by Crippen LogP contribution is -2.37. The van der Waals surface area contributed by atoms with E-state index in [0.717, 1.165) is 40.3 Å². The van der Waals surface area contributed by atoms with Crippen LogP contribution in [0.2, 0.25) is 5.02 Å². The van der Waals surface area contributed by atoms with Crippen molar-refractivity contribution in [2.75, 3.05) is 30.9 Å². The molecule has 1 aliphatic heterocycles. The first-order valence-electron chi connectivity index (χ1n) is 9.87. The zero-order chi connectivity index (χ0) is 20.9. The number of amides is 1. The Morgan fingerprint density at radius 1 is 1.33 bits per heavy atom. The van der Waals surface area contributed by atoms with E-state index in [1.165, 1.54) is 11.3 Å². The second-order valence-electron chi connectivity index (χ2n) is 7.02. The van der Waals surface area contributed by atoms with E-state index in [4.69, 9.17) is 26.1 Å². The molecule has 0 N–H and O–H groups in total. The summed E-state index contributed by atoms with van der Waals surface area (Å²) in [7, 11) is 1.65. The Kier molecular flexibility index (Phi) is 7.15. The van der Waals surface area contributed by atoms with Crippen molar-refractivity contribution in [2.24, 2.45) is 0 Å². The molecule has 30 heavy (non-hydrogen) atoms. The van der Waals surface area contributed by atoms with Gasteiger partial charge in [0.15, 0.2) is 5.13 Å². The minimum atomic E-state index is 0.0664. The molecule has 0 aliphatic carbocycles. The number of anilines is 1. The summed E-state index contributed by atoms with van der Waals surface area (Å²) in [6, 6.07) is 13.5. The zero-order valence-corrected chi connectivity index (χ0v) is 19.1. The second-order valence-corrected chi connectivity index (χ2v) is 9.64. The minimum absolute atomic E-state index is 0.0664. The Hall–Kier alpha value is -1.80. The van der Waals surface area contributed by atoms with Crippen LogP contribution in [0.3, 0.4) is 0 Å². The highest BCUT2D eigenvalue weighted by Crippen LogP contribution is 2.32. The first kappa shape index (κ1) is 21.4. The molecule has 0 saturated carbocycles. The molecule has 1 atom stereocenters. The summed E-state index contributed by atoms with van der Waals surface area (Å²) in [5.74, 6) is 1.59. The fraction of sp³-hybridized carbons (Fsp3) is 0.364. The quantitative estimate of drug-likeness (QED) is 0.405. The molecule has 4 rings (SSSR count). The van der Waals surface area contributed by atoms with E-state index in [0.29, 0.717) is 28.9 Å². The van der Waals surface area contributed by atoms with Crippen LogP contribution in [0.15, 0.2) is 47.4 Å². The van der Waals surface area contributed by atoms with E-state index >= 15 is 0 Å². The fourth-order valence-corrected chi connectivity index (χ4v) is 5.45. The number of hydrogen-bond donors (Lipinski definition) is 0. The average molecular weight is 463 g/mol. The maximum absolute atomic E-state index is 13.1. The van der Waals surface area contributed by atoms with Crippen LogP contribution in [0.4, 0.5) is 5.13 Å². The van der Waals surface area contributed by atoms with E-state index in [9.17, 15) is 4.79 Å². The van der Waals surface area contributed by atoms with Gasteiger partial charge < -0.3 is 9.47 Å². The number of carbonyl (C=O) groups is 1. The Balaban J connectivity index is 1.45. The molecule has 5 nitrogen and oxygen atoms in total. The lowest BCUT2D eigenvalue weighted by Gasteiger charge is -2.23. The number of rotatable bonds is 8. The molecule has 2 aromatic carbocycles. The lowest BCUT2D eigenvalue weighted by molar-refractivity contribution is -0.118. The number of methoxy groups -OCH3 is 1. The molecule has 1 unspecified atom stereocenters. The summed E-state index contributed by atoms with van der Waals surface area (Å²) in [4.78, 5) is 20.7. The SMILES string of the molecule is COc1ccc(SCCC(=O)N(CC2CCCO2)c2nc3ccc(Cl)cc3s2)cc1. The predicted molar refractivity (Wildman–Crippen MR) is 124 cm³/mol. The number of fused-ring (bicyclic) bond motifs is 1. The van der Waals surface area contributed by atoms with Crippen molar-refractivity contribution in [1.29, 1.82) is 0 Å². The second kappa shape index (κ2) is 10.0. The number of benzene rings is 2. The van der Waals surface area contributed by atoms with Gasteiger partial charge >= 0.3 is 0 Å². The molecule has 1 saturated heterocycles. The van der Waals surface area contributed by atoms with Crippen LogP contribution >= 0.6 is 34.7 Å². The van der Waals surface area contributed by atoms with Gasteiger partial charge in [-0.2, -0.15) is 0 Å². The van der Waals surface area contributed by atoms with Crippen LogP contribution in [0.1, 0.15) is 19.3 Å². The van der Waals surface area contributed by atoms with E-state index in [1.807, 2.05) is 42.5 Å². The number of thioether (sulfide) groups is 1. The number of hydrogen-bond acceptors (Lipinski definition) is 6. The fourth-order valence-electron chi connectivity index (χ4n) is 3.34. The van der Waals surface area contributed by atoms with E-state index in [1.54, 1.807) is 23.8 Å². The van der Waals surface area contributed by atoms with Crippen molar-refractivity contribution in [3.63, 3.8) is 0 Å². The third-order valence-corrected chi connectivity index (χ3v) is 7.22. The van der Waals surface area contributed by atoms with Gasteiger partial charge in [-0.05, 0) is 55.3 Å². The van der Waals surface area contributed by atoms with Crippen LogP contribution < -0.4 is 9.64 Å². The molecule has 158 valence electrons. The Labute approximate surface area is 189 Å². The van der Waals surface area contributed by atoms with Crippen LogP contribution in [-0.4, -0.2) is 43.0 Å². The van der Waals surface area contributed by atoms with Crippen LogP contribution in [-0.2, 0) is 9.53 Å². The largest absolute Gasteiger partial charge is 0.497 e. The summed E-state index contributed by atoms with van der Waals surface area (Å²) in [6.45, 7) is 1.30. The van der Waals surface area contributed by atoms with Gasteiger partial charge in [-0.25, -0.2) is 4.98 Å². The average Bonchev–Trinajstić information content (AvgIpc) is 3.41. The first-order chi connectivity index (χ1) is 14.6. The lowest BCUT2D eigenvalue weighted by atomic mass is 10.2. The van der Waals surface area contributed by atoms with Crippen LogP contribution in [0.25, 0.3) is 10.2 Å². The van der Waals surface area contributed by atoms with Crippen molar-refractivity contribution in [2.45, 2.75) is 30.3 Å². The summed E-state index contributed by atoms with van der Waals surface area (Å²) >= 11 is 9.28. The van der Waals surface area contributed by atoms with E-state index in [-0.39, 0.29) is 12.0 Å². The van der Waals surface area contributed by atoms with Gasteiger partial charge in [0.2, 0.25) is 5.91 Å². The van der Waals surface area contributed by atoms with Crippen molar-refractivity contribution in [3.05, 3.63) is 47.5 Å². The van der Waals surface area contributed by atoms with Crippen molar-refractivity contribution in [3.8, 4) is 5.75 Å². The molecule has 3 aromatic rings.